The lowest BCUT2D eigenvalue weighted by Crippen LogP contribution is -2.28. The summed E-state index contributed by atoms with van der Waals surface area (Å²) in [5, 5.41) is 3.43. The Balaban J connectivity index is 1.86. The fourth-order valence-electron chi connectivity index (χ4n) is 2.18. The Labute approximate surface area is 136 Å². The molecular formula is C18H20ClNO2. The zero-order valence-corrected chi connectivity index (χ0v) is 13.8. The second-order valence-corrected chi connectivity index (χ2v) is 5.70. The highest BCUT2D eigenvalue weighted by molar-refractivity contribution is 6.31. The van der Waals surface area contributed by atoms with E-state index in [2.05, 4.69) is 5.32 Å². The number of benzene rings is 2. The van der Waals surface area contributed by atoms with Crippen molar-refractivity contribution >= 4 is 17.5 Å². The number of rotatable bonds is 5. The van der Waals surface area contributed by atoms with E-state index in [9.17, 15) is 4.79 Å². The number of nitrogens with one attached hydrogen (secondary N) is 1. The van der Waals surface area contributed by atoms with Crippen molar-refractivity contribution < 1.29 is 9.53 Å². The van der Waals surface area contributed by atoms with Crippen molar-refractivity contribution in [2.45, 2.75) is 20.8 Å². The van der Waals surface area contributed by atoms with Gasteiger partial charge in [-0.15, -0.1) is 0 Å². The second-order valence-electron chi connectivity index (χ2n) is 5.29. The maximum atomic E-state index is 12.0. The molecule has 0 bridgehead atoms. The summed E-state index contributed by atoms with van der Waals surface area (Å²) in [5.41, 5.74) is 3.70. The molecule has 0 unspecified atom stereocenters. The maximum absolute atomic E-state index is 12.0. The third-order valence-corrected chi connectivity index (χ3v) is 3.88. The van der Waals surface area contributed by atoms with E-state index in [0.29, 0.717) is 23.7 Å². The molecule has 0 aliphatic carbocycles. The van der Waals surface area contributed by atoms with Gasteiger partial charge in [-0.3, -0.25) is 4.79 Å². The van der Waals surface area contributed by atoms with E-state index in [1.54, 1.807) is 12.1 Å². The van der Waals surface area contributed by atoms with E-state index in [1.165, 1.54) is 0 Å². The van der Waals surface area contributed by atoms with Crippen LogP contribution in [-0.2, 0) is 0 Å². The number of aryl methyl sites for hydroxylation is 3. The lowest BCUT2D eigenvalue weighted by atomic mass is 10.1. The van der Waals surface area contributed by atoms with Gasteiger partial charge in [-0.05, 0) is 49.6 Å². The first-order valence-electron chi connectivity index (χ1n) is 7.22. The molecule has 2 rings (SSSR count). The standard InChI is InChI=1S/C18H20ClNO2/c1-12-7-8-15(11-16(12)19)18(21)20-9-10-22-17-13(2)5-4-6-14(17)3/h4-8,11H,9-10H2,1-3H3,(H,20,21). The van der Waals surface area contributed by atoms with Gasteiger partial charge in [0, 0.05) is 10.6 Å². The van der Waals surface area contributed by atoms with E-state index >= 15 is 0 Å². The first kappa shape index (κ1) is 16.4. The molecule has 0 saturated carbocycles. The number of halogens is 1. The second kappa shape index (κ2) is 7.32. The van der Waals surface area contributed by atoms with Crippen LogP contribution in [0.1, 0.15) is 27.0 Å². The van der Waals surface area contributed by atoms with Crippen LogP contribution in [0.2, 0.25) is 5.02 Å². The SMILES string of the molecule is Cc1ccc(C(=O)NCCOc2c(C)cccc2C)cc1Cl. The van der Waals surface area contributed by atoms with Crippen molar-refractivity contribution in [1.29, 1.82) is 0 Å². The van der Waals surface area contributed by atoms with Crippen molar-refractivity contribution in [3.8, 4) is 5.75 Å². The number of hydrogen-bond donors (Lipinski definition) is 1. The number of para-hydroxylation sites is 1. The quantitative estimate of drug-likeness (QED) is 0.844. The van der Waals surface area contributed by atoms with Gasteiger partial charge in [-0.25, -0.2) is 0 Å². The Hall–Kier alpha value is -2.00. The van der Waals surface area contributed by atoms with Gasteiger partial charge in [0.25, 0.3) is 5.91 Å². The third kappa shape index (κ3) is 4.01. The summed E-state index contributed by atoms with van der Waals surface area (Å²) in [7, 11) is 0. The van der Waals surface area contributed by atoms with Crippen molar-refractivity contribution in [3.05, 3.63) is 63.7 Å². The molecule has 0 atom stereocenters. The molecule has 0 radical (unpaired) electrons. The molecule has 22 heavy (non-hydrogen) atoms. The van der Waals surface area contributed by atoms with Crippen molar-refractivity contribution in [2.75, 3.05) is 13.2 Å². The summed E-state index contributed by atoms with van der Waals surface area (Å²) in [6.07, 6.45) is 0. The lowest BCUT2D eigenvalue weighted by molar-refractivity contribution is 0.0947. The van der Waals surface area contributed by atoms with Crippen LogP contribution in [0, 0.1) is 20.8 Å². The molecule has 0 heterocycles. The number of amides is 1. The lowest BCUT2D eigenvalue weighted by Gasteiger charge is -2.12. The Bertz CT molecular complexity index is 663. The normalized spacial score (nSPS) is 10.4. The average molecular weight is 318 g/mol. The molecule has 3 nitrogen and oxygen atoms in total. The minimum absolute atomic E-state index is 0.146. The van der Waals surface area contributed by atoms with Crippen LogP contribution in [0.4, 0.5) is 0 Å². The van der Waals surface area contributed by atoms with Crippen LogP contribution in [-0.4, -0.2) is 19.1 Å². The van der Waals surface area contributed by atoms with Gasteiger partial charge in [-0.2, -0.15) is 0 Å². The summed E-state index contributed by atoms with van der Waals surface area (Å²) >= 11 is 6.03. The van der Waals surface area contributed by atoms with E-state index in [-0.39, 0.29) is 5.91 Å². The topological polar surface area (TPSA) is 38.3 Å². The van der Waals surface area contributed by atoms with Crippen LogP contribution in [0.25, 0.3) is 0 Å². The van der Waals surface area contributed by atoms with Gasteiger partial charge < -0.3 is 10.1 Å². The van der Waals surface area contributed by atoms with Gasteiger partial charge in [-0.1, -0.05) is 35.9 Å². The Morgan fingerprint density at radius 2 is 1.77 bits per heavy atom. The maximum Gasteiger partial charge on any atom is 0.251 e. The minimum atomic E-state index is -0.146. The zero-order chi connectivity index (χ0) is 16.1. The Kier molecular flexibility index (Phi) is 5.45. The number of carbonyl (C=O) groups excluding carboxylic acids is 1. The molecule has 0 spiro atoms. The predicted octanol–water partition coefficient (Wildman–Crippen LogP) is 4.07. The first-order valence-corrected chi connectivity index (χ1v) is 7.60. The van der Waals surface area contributed by atoms with Crippen LogP contribution in [0.5, 0.6) is 5.75 Å². The van der Waals surface area contributed by atoms with Crippen LogP contribution < -0.4 is 10.1 Å². The molecule has 1 amide bonds. The van der Waals surface area contributed by atoms with Gasteiger partial charge in [0.2, 0.25) is 0 Å². The van der Waals surface area contributed by atoms with Gasteiger partial charge in [0.05, 0.1) is 6.54 Å². The van der Waals surface area contributed by atoms with Crippen LogP contribution in [0.15, 0.2) is 36.4 Å². The molecule has 0 saturated heterocycles. The van der Waals surface area contributed by atoms with Crippen molar-refractivity contribution in [3.63, 3.8) is 0 Å². The number of hydrogen-bond acceptors (Lipinski definition) is 2. The van der Waals surface area contributed by atoms with Gasteiger partial charge in [0.1, 0.15) is 12.4 Å². The summed E-state index contributed by atoms with van der Waals surface area (Å²) in [4.78, 5) is 12.0. The highest BCUT2D eigenvalue weighted by atomic mass is 35.5. The van der Waals surface area contributed by atoms with E-state index < -0.39 is 0 Å². The fourth-order valence-corrected chi connectivity index (χ4v) is 2.36. The molecule has 1 N–H and O–H groups in total. The zero-order valence-electron chi connectivity index (χ0n) is 13.1. The number of carbonyl (C=O) groups is 1. The summed E-state index contributed by atoms with van der Waals surface area (Å²) < 4.78 is 5.76. The summed E-state index contributed by atoms with van der Waals surface area (Å²) in [6.45, 7) is 6.79. The smallest absolute Gasteiger partial charge is 0.251 e. The number of ether oxygens (including phenoxy) is 1. The molecule has 2 aromatic rings. The molecule has 0 fully saturated rings. The minimum Gasteiger partial charge on any atom is -0.491 e. The Morgan fingerprint density at radius 1 is 1.09 bits per heavy atom. The van der Waals surface area contributed by atoms with Gasteiger partial charge in [0.15, 0.2) is 0 Å². The molecule has 0 aromatic heterocycles. The van der Waals surface area contributed by atoms with E-state index in [1.807, 2.05) is 45.0 Å². The molecule has 2 aromatic carbocycles. The molecule has 0 aliphatic rings. The fraction of sp³-hybridized carbons (Fsp3) is 0.278. The molecule has 4 heteroatoms. The molecule has 116 valence electrons. The predicted molar refractivity (Wildman–Crippen MR) is 89.9 cm³/mol. The monoisotopic (exact) mass is 317 g/mol. The third-order valence-electron chi connectivity index (χ3n) is 3.48. The summed E-state index contributed by atoms with van der Waals surface area (Å²) in [5.74, 6) is 0.738. The van der Waals surface area contributed by atoms with E-state index in [0.717, 1.165) is 22.4 Å². The van der Waals surface area contributed by atoms with Gasteiger partial charge >= 0.3 is 0 Å². The van der Waals surface area contributed by atoms with E-state index in [4.69, 9.17) is 16.3 Å². The highest BCUT2D eigenvalue weighted by Gasteiger charge is 2.07. The van der Waals surface area contributed by atoms with Crippen molar-refractivity contribution in [2.24, 2.45) is 0 Å². The van der Waals surface area contributed by atoms with Crippen molar-refractivity contribution in [1.82, 2.24) is 5.32 Å². The molecular weight excluding hydrogens is 298 g/mol. The van der Waals surface area contributed by atoms with Crippen LogP contribution in [0.3, 0.4) is 0 Å². The largest absolute Gasteiger partial charge is 0.491 e. The summed E-state index contributed by atoms with van der Waals surface area (Å²) in [6, 6.07) is 11.3. The van der Waals surface area contributed by atoms with Crippen LogP contribution >= 0.6 is 11.6 Å². The Morgan fingerprint density at radius 3 is 2.41 bits per heavy atom. The first-order chi connectivity index (χ1) is 10.5. The average Bonchev–Trinajstić information content (AvgIpc) is 2.48. The molecule has 0 aliphatic heterocycles. The highest BCUT2D eigenvalue weighted by Crippen LogP contribution is 2.22.